The van der Waals surface area contributed by atoms with E-state index >= 15 is 0 Å². The minimum atomic E-state index is -0.424. The molecule has 2 aromatic carbocycles. The molecule has 3 aromatic rings. The van der Waals surface area contributed by atoms with Crippen LogP contribution in [-0.4, -0.2) is 66.4 Å². The second kappa shape index (κ2) is 10.6. The van der Waals surface area contributed by atoms with Gasteiger partial charge in [-0.3, -0.25) is 14.6 Å². The van der Waals surface area contributed by atoms with Crippen LogP contribution in [0.4, 0.5) is 0 Å². The molecule has 0 unspecified atom stereocenters. The fourth-order valence-electron chi connectivity index (χ4n) is 3.88. The molecule has 184 valence electrons. The van der Waals surface area contributed by atoms with E-state index in [0.29, 0.717) is 37.0 Å². The predicted molar refractivity (Wildman–Crippen MR) is 127 cm³/mol. The van der Waals surface area contributed by atoms with Crippen molar-refractivity contribution in [2.45, 2.75) is 19.3 Å². The Morgan fingerprint density at radius 2 is 1.74 bits per heavy atom. The van der Waals surface area contributed by atoms with Gasteiger partial charge in [0.2, 0.25) is 17.6 Å². The first-order chi connectivity index (χ1) is 17.0. The van der Waals surface area contributed by atoms with Gasteiger partial charge in [-0.25, -0.2) is 5.01 Å². The summed E-state index contributed by atoms with van der Waals surface area (Å²) in [5, 5.41) is 7.10. The summed E-state index contributed by atoms with van der Waals surface area (Å²) < 4.78 is 21.2. The van der Waals surface area contributed by atoms with Crippen LogP contribution in [0.1, 0.15) is 29.1 Å². The lowest BCUT2D eigenvalue weighted by molar-refractivity contribution is -0.140. The highest BCUT2D eigenvalue weighted by molar-refractivity contribution is 6.32. The van der Waals surface area contributed by atoms with E-state index in [-0.39, 0.29) is 35.1 Å². The second-order valence-electron chi connectivity index (χ2n) is 7.70. The summed E-state index contributed by atoms with van der Waals surface area (Å²) in [7, 11) is 4.47. The molecular weight excluding hydrogens is 476 g/mol. The summed E-state index contributed by atoms with van der Waals surface area (Å²) in [6.07, 6.45) is 0.979. The average molecular weight is 501 g/mol. The van der Waals surface area contributed by atoms with Gasteiger partial charge < -0.3 is 18.7 Å². The number of aromatic nitrogens is 2. The van der Waals surface area contributed by atoms with E-state index in [0.717, 1.165) is 11.3 Å². The van der Waals surface area contributed by atoms with Gasteiger partial charge in [0.05, 0.1) is 26.4 Å². The summed E-state index contributed by atoms with van der Waals surface area (Å²) >= 11 is 6.23. The third kappa shape index (κ3) is 5.02. The number of carbonyl (C=O) groups is 2. The third-order valence-corrected chi connectivity index (χ3v) is 5.93. The van der Waals surface area contributed by atoms with Crippen molar-refractivity contribution >= 4 is 23.4 Å². The van der Waals surface area contributed by atoms with E-state index in [9.17, 15) is 9.59 Å². The van der Waals surface area contributed by atoms with Crippen molar-refractivity contribution in [1.82, 2.24) is 20.2 Å². The molecule has 1 aliphatic rings. The molecule has 0 atom stereocenters. The zero-order valence-corrected chi connectivity index (χ0v) is 20.4. The Morgan fingerprint density at radius 3 is 2.43 bits per heavy atom. The molecule has 0 spiro atoms. The van der Waals surface area contributed by atoms with Gasteiger partial charge in [-0.1, -0.05) is 16.8 Å². The molecule has 0 saturated carbocycles. The lowest BCUT2D eigenvalue weighted by Gasteiger charge is -2.29. The van der Waals surface area contributed by atoms with E-state index in [1.165, 1.54) is 24.2 Å². The first-order valence-corrected chi connectivity index (χ1v) is 11.3. The first-order valence-electron chi connectivity index (χ1n) is 11.0. The van der Waals surface area contributed by atoms with Gasteiger partial charge in [0.1, 0.15) is 17.1 Å². The zero-order valence-electron chi connectivity index (χ0n) is 19.6. The molecule has 1 aliphatic heterocycles. The molecule has 0 bridgehead atoms. The topological polar surface area (TPSA) is 107 Å². The first kappa shape index (κ1) is 24.3. The highest BCUT2D eigenvalue weighted by Crippen LogP contribution is 2.37. The van der Waals surface area contributed by atoms with Gasteiger partial charge in [0.25, 0.3) is 5.91 Å². The fraction of sp³-hybridized carbons (Fsp3) is 0.333. The van der Waals surface area contributed by atoms with Crippen molar-refractivity contribution in [3.05, 3.63) is 52.9 Å². The number of carbonyl (C=O) groups excluding carboxylic acids is 2. The van der Waals surface area contributed by atoms with Crippen LogP contribution in [0, 0.1) is 0 Å². The predicted octanol–water partition coefficient (Wildman–Crippen LogP) is 3.64. The van der Waals surface area contributed by atoms with E-state index in [1.54, 1.807) is 31.4 Å². The normalized spacial score (nSPS) is 13.1. The molecular formula is C24H25ClN4O6. The van der Waals surface area contributed by atoms with Crippen molar-refractivity contribution in [2.24, 2.45) is 0 Å². The molecule has 1 aromatic heterocycles. The van der Waals surface area contributed by atoms with Crippen LogP contribution >= 0.6 is 11.6 Å². The fourth-order valence-corrected chi connectivity index (χ4v) is 4.11. The zero-order chi connectivity index (χ0) is 24.9. The standard InChI is InChI=1S/C24H25ClN4O6/c1-32-16-7-5-15(6-8-16)23-26-19(35-27-23)11-12-20(30)28-13-4-14-29(28)24(31)21-18(33-2)10-9-17(25)22(21)34-3/h5-10H,4,11-14H2,1-3H3. The number of rotatable bonds is 8. The van der Waals surface area contributed by atoms with Crippen molar-refractivity contribution in [1.29, 1.82) is 0 Å². The van der Waals surface area contributed by atoms with Crippen LogP contribution in [0.15, 0.2) is 40.9 Å². The number of hydrazine groups is 1. The Bertz CT molecular complexity index is 1210. The number of amides is 2. The molecule has 2 heterocycles. The van der Waals surface area contributed by atoms with Crippen LogP contribution in [0.25, 0.3) is 11.4 Å². The summed E-state index contributed by atoms with van der Waals surface area (Å²) in [5.74, 6) is 1.33. The van der Waals surface area contributed by atoms with Crippen molar-refractivity contribution in [3.63, 3.8) is 0 Å². The maximum absolute atomic E-state index is 13.4. The molecule has 0 aliphatic carbocycles. The minimum absolute atomic E-state index is 0.0951. The van der Waals surface area contributed by atoms with Gasteiger partial charge in [0, 0.05) is 31.5 Å². The molecule has 35 heavy (non-hydrogen) atoms. The second-order valence-corrected chi connectivity index (χ2v) is 8.10. The van der Waals surface area contributed by atoms with Crippen LogP contribution in [0.3, 0.4) is 0 Å². The van der Waals surface area contributed by atoms with E-state index in [2.05, 4.69) is 10.1 Å². The Morgan fingerprint density at radius 1 is 1.00 bits per heavy atom. The molecule has 0 radical (unpaired) electrons. The van der Waals surface area contributed by atoms with Gasteiger partial charge >= 0.3 is 0 Å². The highest BCUT2D eigenvalue weighted by atomic mass is 35.5. The summed E-state index contributed by atoms with van der Waals surface area (Å²) in [6, 6.07) is 10.4. The van der Waals surface area contributed by atoms with Gasteiger partial charge in [-0.05, 0) is 42.8 Å². The minimum Gasteiger partial charge on any atom is -0.497 e. The number of methoxy groups -OCH3 is 3. The summed E-state index contributed by atoms with van der Waals surface area (Å²) in [5.41, 5.74) is 0.941. The van der Waals surface area contributed by atoms with Crippen LogP contribution in [-0.2, 0) is 11.2 Å². The Balaban J connectivity index is 1.45. The smallest absolute Gasteiger partial charge is 0.280 e. The van der Waals surface area contributed by atoms with Gasteiger partial charge in [0.15, 0.2) is 5.75 Å². The van der Waals surface area contributed by atoms with Gasteiger partial charge in [-0.15, -0.1) is 0 Å². The quantitative estimate of drug-likeness (QED) is 0.461. The molecule has 1 saturated heterocycles. The largest absolute Gasteiger partial charge is 0.497 e. The van der Waals surface area contributed by atoms with Crippen molar-refractivity contribution in [3.8, 4) is 28.6 Å². The number of benzene rings is 2. The van der Waals surface area contributed by atoms with Gasteiger partial charge in [-0.2, -0.15) is 4.98 Å². The van der Waals surface area contributed by atoms with Crippen molar-refractivity contribution < 1.29 is 28.3 Å². The van der Waals surface area contributed by atoms with E-state index < -0.39 is 5.91 Å². The summed E-state index contributed by atoms with van der Waals surface area (Å²) in [4.78, 5) is 30.8. The molecule has 1 fully saturated rings. The maximum atomic E-state index is 13.4. The SMILES string of the molecule is COc1ccc(-c2noc(CCC(=O)N3CCCN3C(=O)c3c(OC)ccc(Cl)c3OC)n2)cc1. The van der Waals surface area contributed by atoms with Crippen LogP contribution < -0.4 is 14.2 Å². The number of ether oxygens (including phenoxy) is 3. The number of hydrogen-bond acceptors (Lipinski definition) is 8. The lowest BCUT2D eigenvalue weighted by Crippen LogP contribution is -2.45. The highest BCUT2D eigenvalue weighted by Gasteiger charge is 2.35. The maximum Gasteiger partial charge on any atom is 0.280 e. The van der Waals surface area contributed by atoms with E-state index in [1.807, 2.05) is 12.1 Å². The number of nitrogens with zero attached hydrogens (tertiary/aromatic N) is 4. The molecule has 0 N–H and O–H groups in total. The number of aryl methyl sites for hydroxylation is 1. The molecule has 2 amide bonds. The number of hydrogen-bond donors (Lipinski definition) is 0. The monoisotopic (exact) mass is 500 g/mol. The Labute approximate surface area is 207 Å². The molecule has 4 rings (SSSR count). The number of halogens is 1. The van der Waals surface area contributed by atoms with Crippen LogP contribution in [0.2, 0.25) is 5.02 Å². The Kier molecular flexibility index (Phi) is 7.40. The summed E-state index contributed by atoms with van der Waals surface area (Å²) in [6.45, 7) is 0.794. The molecule has 11 heteroatoms. The average Bonchev–Trinajstić information content (AvgIpc) is 3.57. The third-order valence-electron chi connectivity index (χ3n) is 5.63. The lowest BCUT2D eigenvalue weighted by atomic mass is 10.1. The Hall–Kier alpha value is -3.79. The van der Waals surface area contributed by atoms with Crippen molar-refractivity contribution in [2.75, 3.05) is 34.4 Å². The molecule has 10 nitrogen and oxygen atoms in total. The van der Waals surface area contributed by atoms with E-state index in [4.69, 9.17) is 30.3 Å². The van der Waals surface area contributed by atoms with Crippen LogP contribution in [0.5, 0.6) is 17.2 Å².